The smallest absolute Gasteiger partial charge is 0.255 e. The molecule has 1 aliphatic rings. The van der Waals surface area contributed by atoms with Crippen LogP contribution in [0.15, 0.2) is 36.4 Å². The van der Waals surface area contributed by atoms with Gasteiger partial charge in [-0.25, -0.2) is 0 Å². The number of carbonyl (C=O) groups is 1. The molecule has 0 saturated heterocycles. The van der Waals surface area contributed by atoms with Gasteiger partial charge in [-0.15, -0.1) is 0 Å². The number of anilines is 2. The van der Waals surface area contributed by atoms with E-state index >= 15 is 0 Å². The highest BCUT2D eigenvalue weighted by atomic mass is 35.5. The molecule has 0 aromatic heterocycles. The molecular weight excluding hydrogens is 295 g/mol. The molecule has 0 radical (unpaired) electrons. The van der Waals surface area contributed by atoms with Crippen LogP contribution in [0.2, 0.25) is 10.0 Å². The standard InChI is InChI=1S/C15H12Cl2N2O/c16-12-4-3-11(8-13(12)17)19-15(20)10-2-1-9-5-6-18-14(9)7-10/h1-4,7-8,18H,5-6H2,(H,19,20). The van der Waals surface area contributed by atoms with E-state index in [-0.39, 0.29) is 5.91 Å². The van der Waals surface area contributed by atoms with Crippen LogP contribution in [0, 0.1) is 0 Å². The van der Waals surface area contributed by atoms with Crippen molar-refractivity contribution in [3.63, 3.8) is 0 Å². The van der Waals surface area contributed by atoms with Gasteiger partial charge in [0.25, 0.3) is 5.91 Å². The highest BCUT2D eigenvalue weighted by Crippen LogP contribution is 2.26. The second-order valence-corrected chi connectivity index (χ2v) is 5.45. The molecule has 2 aromatic carbocycles. The molecule has 0 atom stereocenters. The minimum absolute atomic E-state index is 0.167. The van der Waals surface area contributed by atoms with Crippen molar-refractivity contribution in [1.82, 2.24) is 0 Å². The average Bonchev–Trinajstić information content (AvgIpc) is 2.90. The number of nitrogens with one attached hydrogen (secondary N) is 2. The Bertz CT molecular complexity index is 686. The van der Waals surface area contributed by atoms with Crippen LogP contribution in [0.5, 0.6) is 0 Å². The van der Waals surface area contributed by atoms with E-state index in [1.54, 1.807) is 18.2 Å². The zero-order chi connectivity index (χ0) is 14.1. The summed E-state index contributed by atoms with van der Waals surface area (Å²) in [6.07, 6.45) is 1.00. The lowest BCUT2D eigenvalue weighted by molar-refractivity contribution is 0.102. The lowest BCUT2D eigenvalue weighted by Crippen LogP contribution is -2.12. The number of carbonyl (C=O) groups excluding carboxylic acids is 1. The van der Waals surface area contributed by atoms with Gasteiger partial charge in [0.15, 0.2) is 0 Å². The van der Waals surface area contributed by atoms with E-state index in [0.717, 1.165) is 18.7 Å². The van der Waals surface area contributed by atoms with Gasteiger partial charge in [-0.05, 0) is 42.3 Å². The number of benzene rings is 2. The molecule has 1 heterocycles. The van der Waals surface area contributed by atoms with Crippen molar-refractivity contribution in [2.24, 2.45) is 0 Å². The van der Waals surface area contributed by atoms with Gasteiger partial charge in [0.05, 0.1) is 10.0 Å². The van der Waals surface area contributed by atoms with Crippen LogP contribution in [-0.4, -0.2) is 12.5 Å². The van der Waals surface area contributed by atoms with Gasteiger partial charge in [-0.2, -0.15) is 0 Å². The molecular formula is C15H12Cl2N2O. The number of amides is 1. The summed E-state index contributed by atoms with van der Waals surface area (Å²) in [4.78, 5) is 12.2. The molecule has 2 aromatic rings. The fourth-order valence-corrected chi connectivity index (χ4v) is 2.51. The molecule has 1 amide bonds. The summed E-state index contributed by atoms with van der Waals surface area (Å²) in [5.74, 6) is -0.167. The fraction of sp³-hybridized carbons (Fsp3) is 0.133. The third-order valence-corrected chi connectivity index (χ3v) is 4.00. The molecule has 102 valence electrons. The molecule has 2 N–H and O–H groups in total. The van der Waals surface area contributed by atoms with Crippen molar-refractivity contribution < 1.29 is 4.79 Å². The van der Waals surface area contributed by atoms with Crippen LogP contribution in [0.4, 0.5) is 11.4 Å². The fourth-order valence-electron chi connectivity index (χ4n) is 2.21. The predicted octanol–water partition coefficient (Wildman–Crippen LogP) is 4.21. The average molecular weight is 307 g/mol. The maximum absolute atomic E-state index is 12.2. The monoisotopic (exact) mass is 306 g/mol. The third-order valence-electron chi connectivity index (χ3n) is 3.26. The first-order chi connectivity index (χ1) is 9.63. The van der Waals surface area contributed by atoms with Crippen LogP contribution in [0.1, 0.15) is 15.9 Å². The number of fused-ring (bicyclic) bond motifs is 1. The topological polar surface area (TPSA) is 41.1 Å². The molecule has 0 bridgehead atoms. The van der Waals surface area contributed by atoms with Crippen LogP contribution in [0.25, 0.3) is 0 Å². The van der Waals surface area contributed by atoms with E-state index < -0.39 is 0 Å². The number of hydrogen-bond donors (Lipinski definition) is 2. The van der Waals surface area contributed by atoms with Gasteiger partial charge in [0.1, 0.15) is 0 Å². The Hall–Kier alpha value is -1.71. The van der Waals surface area contributed by atoms with Gasteiger partial charge in [-0.3, -0.25) is 4.79 Å². The van der Waals surface area contributed by atoms with Gasteiger partial charge in [-0.1, -0.05) is 29.3 Å². The van der Waals surface area contributed by atoms with Crippen LogP contribution in [0.3, 0.4) is 0 Å². The molecule has 0 unspecified atom stereocenters. The highest BCUT2D eigenvalue weighted by Gasteiger charge is 2.13. The lowest BCUT2D eigenvalue weighted by Gasteiger charge is -2.08. The van der Waals surface area contributed by atoms with Crippen molar-refractivity contribution in [3.8, 4) is 0 Å². The Morgan fingerprint density at radius 3 is 2.75 bits per heavy atom. The minimum atomic E-state index is -0.167. The second-order valence-electron chi connectivity index (χ2n) is 4.63. The zero-order valence-electron chi connectivity index (χ0n) is 10.5. The Labute approximate surface area is 126 Å². The predicted molar refractivity (Wildman–Crippen MR) is 83.1 cm³/mol. The number of rotatable bonds is 2. The molecule has 0 aliphatic carbocycles. The van der Waals surface area contributed by atoms with Crippen molar-refractivity contribution in [3.05, 3.63) is 57.6 Å². The summed E-state index contributed by atoms with van der Waals surface area (Å²) < 4.78 is 0. The maximum atomic E-state index is 12.2. The first kappa shape index (κ1) is 13.3. The lowest BCUT2D eigenvalue weighted by atomic mass is 10.1. The summed E-state index contributed by atoms with van der Waals surface area (Å²) >= 11 is 11.8. The molecule has 3 rings (SSSR count). The quantitative estimate of drug-likeness (QED) is 0.872. The van der Waals surface area contributed by atoms with E-state index in [2.05, 4.69) is 10.6 Å². The summed E-state index contributed by atoms with van der Waals surface area (Å²) in [5, 5.41) is 6.95. The second kappa shape index (κ2) is 5.35. The van der Waals surface area contributed by atoms with Crippen LogP contribution in [-0.2, 0) is 6.42 Å². The molecule has 0 fully saturated rings. The zero-order valence-corrected chi connectivity index (χ0v) is 12.1. The van der Waals surface area contributed by atoms with E-state index in [1.165, 1.54) is 5.56 Å². The highest BCUT2D eigenvalue weighted by molar-refractivity contribution is 6.42. The summed E-state index contributed by atoms with van der Waals surface area (Å²) in [6, 6.07) is 10.7. The maximum Gasteiger partial charge on any atom is 0.255 e. The van der Waals surface area contributed by atoms with Crippen molar-refractivity contribution in [2.75, 3.05) is 17.2 Å². The Balaban J connectivity index is 1.80. The molecule has 1 aliphatic heterocycles. The van der Waals surface area contributed by atoms with E-state index in [4.69, 9.17) is 23.2 Å². The first-order valence-corrected chi connectivity index (χ1v) is 7.02. The minimum Gasteiger partial charge on any atom is -0.384 e. The van der Waals surface area contributed by atoms with Crippen LogP contribution < -0.4 is 10.6 Å². The Kier molecular flexibility index (Phi) is 3.55. The summed E-state index contributed by atoms with van der Waals surface area (Å²) in [6.45, 7) is 0.924. The van der Waals surface area contributed by atoms with Gasteiger partial charge < -0.3 is 10.6 Å². The van der Waals surface area contributed by atoms with Gasteiger partial charge >= 0.3 is 0 Å². The van der Waals surface area contributed by atoms with E-state index in [1.807, 2.05) is 18.2 Å². The van der Waals surface area contributed by atoms with Gasteiger partial charge in [0, 0.05) is 23.5 Å². The Morgan fingerprint density at radius 2 is 1.95 bits per heavy atom. The molecule has 0 saturated carbocycles. The van der Waals surface area contributed by atoms with Crippen molar-refractivity contribution >= 4 is 40.5 Å². The normalized spacial score (nSPS) is 12.7. The SMILES string of the molecule is O=C(Nc1ccc(Cl)c(Cl)c1)c1ccc2c(c1)NCC2. The van der Waals surface area contributed by atoms with Crippen molar-refractivity contribution in [2.45, 2.75) is 6.42 Å². The molecule has 0 spiro atoms. The molecule has 20 heavy (non-hydrogen) atoms. The largest absolute Gasteiger partial charge is 0.384 e. The van der Waals surface area contributed by atoms with E-state index in [9.17, 15) is 4.79 Å². The van der Waals surface area contributed by atoms with Gasteiger partial charge in [0.2, 0.25) is 0 Å². The summed E-state index contributed by atoms with van der Waals surface area (Å²) in [7, 11) is 0. The Morgan fingerprint density at radius 1 is 1.10 bits per heavy atom. The van der Waals surface area contributed by atoms with E-state index in [0.29, 0.717) is 21.3 Å². The first-order valence-electron chi connectivity index (χ1n) is 6.27. The molecule has 5 heteroatoms. The number of hydrogen-bond acceptors (Lipinski definition) is 2. The van der Waals surface area contributed by atoms with Crippen LogP contribution >= 0.6 is 23.2 Å². The third kappa shape index (κ3) is 2.60. The summed E-state index contributed by atoms with van der Waals surface area (Å²) in [5.41, 5.74) is 3.52. The number of halogens is 2. The molecule has 3 nitrogen and oxygen atoms in total. The van der Waals surface area contributed by atoms with Crippen molar-refractivity contribution in [1.29, 1.82) is 0 Å².